The Morgan fingerprint density at radius 2 is 0.776 bits per heavy atom. The lowest BCUT2D eigenvalue weighted by atomic mass is 10.0. The summed E-state index contributed by atoms with van der Waals surface area (Å²) in [6, 6.07) is 64.2. The van der Waals surface area contributed by atoms with Gasteiger partial charge in [-0.05, 0) is 71.4 Å². The molecule has 228 valence electrons. The molecule has 0 spiro atoms. The molecule has 3 heteroatoms. The second kappa shape index (κ2) is 9.96. The van der Waals surface area contributed by atoms with Gasteiger partial charge in [0.2, 0.25) is 0 Å². The van der Waals surface area contributed by atoms with Crippen LogP contribution in [0.1, 0.15) is 0 Å². The predicted octanol–water partition coefficient (Wildman–Crippen LogP) is 12.1. The molecular formula is C46H29N3. The van der Waals surface area contributed by atoms with E-state index in [1.807, 2.05) is 0 Å². The number of hydrogen-bond acceptors (Lipinski definition) is 0. The minimum Gasteiger partial charge on any atom is -0.309 e. The van der Waals surface area contributed by atoms with Gasteiger partial charge in [0, 0.05) is 49.4 Å². The second-order valence-electron chi connectivity index (χ2n) is 13.0. The van der Waals surface area contributed by atoms with Crippen molar-refractivity contribution in [1.29, 1.82) is 0 Å². The van der Waals surface area contributed by atoms with Crippen LogP contribution in [-0.2, 0) is 0 Å². The van der Waals surface area contributed by atoms with Crippen molar-refractivity contribution in [2.24, 2.45) is 0 Å². The number of benzene rings is 8. The molecule has 0 N–H and O–H groups in total. The number of rotatable bonds is 3. The van der Waals surface area contributed by atoms with Crippen LogP contribution in [0.15, 0.2) is 176 Å². The fourth-order valence-corrected chi connectivity index (χ4v) is 8.39. The van der Waals surface area contributed by atoms with E-state index < -0.39 is 0 Å². The third kappa shape index (κ3) is 3.62. The Morgan fingerprint density at radius 3 is 1.53 bits per heavy atom. The first-order chi connectivity index (χ1) is 24.3. The maximum atomic E-state index is 2.50. The highest BCUT2D eigenvalue weighted by molar-refractivity contribution is 6.28. The van der Waals surface area contributed by atoms with Crippen LogP contribution in [0.25, 0.3) is 93.3 Å². The summed E-state index contributed by atoms with van der Waals surface area (Å²) in [5.41, 5.74) is 10.7. The summed E-state index contributed by atoms with van der Waals surface area (Å²) in [7, 11) is 0. The van der Waals surface area contributed by atoms with Crippen LogP contribution in [0.3, 0.4) is 0 Å². The molecule has 0 aliphatic heterocycles. The average molecular weight is 624 g/mol. The van der Waals surface area contributed by atoms with Crippen molar-refractivity contribution in [3.63, 3.8) is 0 Å². The molecule has 3 aromatic heterocycles. The van der Waals surface area contributed by atoms with E-state index >= 15 is 0 Å². The molecule has 0 amide bonds. The molecule has 11 aromatic rings. The van der Waals surface area contributed by atoms with Gasteiger partial charge in [0.1, 0.15) is 0 Å². The molecule has 0 aliphatic carbocycles. The molecule has 0 fully saturated rings. The van der Waals surface area contributed by atoms with Crippen molar-refractivity contribution in [3.8, 4) is 17.1 Å². The van der Waals surface area contributed by atoms with Crippen molar-refractivity contribution in [2.75, 3.05) is 0 Å². The summed E-state index contributed by atoms with van der Waals surface area (Å²) in [6.45, 7) is 0. The van der Waals surface area contributed by atoms with E-state index in [4.69, 9.17) is 0 Å². The fraction of sp³-hybridized carbons (Fsp3) is 0. The van der Waals surface area contributed by atoms with Gasteiger partial charge in [0.05, 0.1) is 33.1 Å². The highest BCUT2D eigenvalue weighted by atomic mass is 15.0. The Hall–Kier alpha value is -6.58. The van der Waals surface area contributed by atoms with Crippen LogP contribution in [0.4, 0.5) is 0 Å². The molecule has 0 unspecified atom stereocenters. The maximum absolute atomic E-state index is 2.50. The van der Waals surface area contributed by atoms with Gasteiger partial charge in [-0.3, -0.25) is 0 Å². The van der Waals surface area contributed by atoms with Gasteiger partial charge in [0.15, 0.2) is 0 Å². The number of hydrogen-bond donors (Lipinski definition) is 0. The lowest BCUT2D eigenvalue weighted by molar-refractivity contribution is 1.15. The van der Waals surface area contributed by atoms with E-state index in [1.54, 1.807) is 0 Å². The molecule has 0 saturated carbocycles. The van der Waals surface area contributed by atoms with Crippen molar-refractivity contribution in [2.45, 2.75) is 0 Å². The fourth-order valence-electron chi connectivity index (χ4n) is 8.39. The average Bonchev–Trinajstić information content (AvgIpc) is 3.81. The van der Waals surface area contributed by atoms with Gasteiger partial charge < -0.3 is 13.7 Å². The predicted molar refractivity (Wildman–Crippen MR) is 207 cm³/mol. The standard InChI is InChI=1S/C46H29N3/c1-3-14-31(15-4-1)47-40-21-11-10-20-36(40)39-29-33(24-28-42(39)47)49-41-22-12-9-19-35(41)37-25-26-38-44-34-18-8-7-13-30(34)23-27-43(44)48(46(38)45(37)49)32-16-5-2-6-17-32/h1-29H. The summed E-state index contributed by atoms with van der Waals surface area (Å²) < 4.78 is 7.37. The first kappa shape index (κ1) is 26.5. The quantitative estimate of drug-likeness (QED) is 0.186. The van der Waals surface area contributed by atoms with E-state index in [9.17, 15) is 0 Å². The molecule has 3 nitrogen and oxygen atoms in total. The zero-order valence-corrected chi connectivity index (χ0v) is 26.6. The van der Waals surface area contributed by atoms with Crippen LogP contribution in [-0.4, -0.2) is 13.7 Å². The normalized spacial score (nSPS) is 12.1. The third-order valence-corrected chi connectivity index (χ3v) is 10.4. The largest absolute Gasteiger partial charge is 0.309 e. The van der Waals surface area contributed by atoms with Crippen molar-refractivity contribution in [3.05, 3.63) is 176 Å². The monoisotopic (exact) mass is 623 g/mol. The first-order valence-corrected chi connectivity index (χ1v) is 16.9. The van der Waals surface area contributed by atoms with E-state index in [0.717, 1.165) is 11.4 Å². The SMILES string of the molecule is c1ccc(-n2c3ccccc3c3cc(-n4c5ccccc5c5ccc6c7c8ccccc8ccc7n(-c7ccccc7)c6c54)ccc32)cc1. The van der Waals surface area contributed by atoms with Gasteiger partial charge in [-0.15, -0.1) is 0 Å². The van der Waals surface area contributed by atoms with Gasteiger partial charge in [0.25, 0.3) is 0 Å². The Kier molecular flexibility index (Phi) is 5.38. The number of aromatic nitrogens is 3. The van der Waals surface area contributed by atoms with Gasteiger partial charge >= 0.3 is 0 Å². The van der Waals surface area contributed by atoms with Crippen LogP contribution < -0.4 is 0 Å². The van der Waals surface area contributed by atoms with Crippen molar-refractivity contribution >= 4 is 76.2 Å². The minimum atomic E-state index is 1.15. The molecule has 0 saturated heterocycles. The van der Waals surface area contributed by atoms with Gasteiger partial charge in [-0.25, -0.2) is 0 Å². The molecule has 0 atom stereocenters. The van der Waals surface area contributed by atoms with Crippen LogP contribution in [0.2, 0.25) is 0 Å². The highest BCUT2D eigenvalue weighted by Gasteiger charge is 2.23. The maximum Gasteiger partial charge on any atom is 0.0789 e. The van der Waals surface area contributed by atoms with Gasteiger partial charge in [-0.1, -0.05) is 115 Å². The van der Waals surface area contributed by atoms with Crippen LogP contribution >= 0.6 is 0 Å². The first-order valence-electron chi connectivity index (χ1n) is 16.9. The summed E-state index contributed by atoms with van der Waals surface area (Å²) in [5.74, 6) is 0. The summed E-state index contributed by atoms with van der Waals surface area (Å²) >= 11 is 0. The molecule has 0 bridgehead atoms. The molecule has 0 aliphatic rings. The Balaban J connectivity index is 1.33. The van der Waals surface area contributed by atoms with E-state index in [2.05, 4.69) is 190 Å². The van der Waals surface area contributed by atoms with E-state index in [1.165, 1.54) is 81.9 Å². The lowest BCUT2D eigenvalue weighted by Crippen LogP contribution is -1.99. The molecule has 49 heavy (non-hydrogen) atoms. The molecular weight excluding hydrogens is 595 g/mol. The highest BCUT2D eigenvalue weighted by Crippen LogP contribution is 2.44. The molecule has 11 rings (SSSR count). The van der Waals surface area contributed by atoms with E-state index in [-0.39, 0.29) is 0 Å². The zero-order valence-electron chi connectivity index (χ0n) is 26.6. The number of nitrogens with zero attached hydrogens (tertiary/aromatic N) is 3. The summed E-state index contributed by atoms with van der Waals surface area (Å²) in [4.78, 5) is 0. The zero-order chi connectivity index (χ0) is 32.1. The number of fused-ring (bicyclic) bond motifs is 12. The summed E-state index contributed by atoms with van der Waals surface area (Å²) in [5, 5.41) is 10.1. The molecule has 3 heterocycles. The Bertz CT molecular complexity index is 3090. The Morgan fingerprint density at radius 1 is 0.265 bits per heavy atom. The van der Waals surface area contributed by atoms with E-state index in [0.29, 0.717) is 0 Å². The third-order valence-electron chi connectivity index (χ3n) is 10.4. The van der Waals surface area contributed by atoms with Crippen molar-refractivity contribution in [1.82, 2.24) is 13.7 Å². The topological polar surface area (TPSA) is 14.8 Å². The molecule has 0 radical (unpaired) electrons. The minimum absolute atomic E-state index is 1.15. The number of para-hydroxylation sites is 4. The van der Waals surface area contributed by atoms with Crippen molar-refractivity contribution < 1.29 is 0 Å². The van der Waals surface area contributed by atoms with Gasteiger partial charge in [-0.2, -0.15) is 0 Å². The smallest absolute Gasteiger partial charge is 0.0789 e. The lowest BCUT2D eigenvalue weighted by Gasteiger charge is -2.13. The summed E-state index contributed by atoms with van der Waals surface area (Å²) in [6.07, 6.45) is 0. The molecule has 8 aromatic carbocycles. The van der Waals surface area contributed by atoms with Crippen LogP contribution in [0, 0.1) is 0 Å². The van der Waals surface area contributed by atoms with Crippen LogP contribution in [0.5, 0.6) is 0 Å². The Labute approximate surface area is 282 Å². The second-order valence-corrected chi connectivity index (χ2v) is 13.0.